The number of hydrogen-bond acceptors (Lipinski definition) is 5. The van der Waals surface area contributed by atoms with E-state index >= 15 is 0 Å². The molecule has 0 aromatic heterocycles. The molecule has 0 bridgehead atoms. The highest BCUT2D eigenvalue weighted by Gasteiger charge is 2.05. The van der Waals surface area contributed by atoms with Gasteiger partial charge in [-0.2, -0.15) is 0 Å². The van der Waals surface area contributed by atoms with Gasteiger partial charge in [-0.1, -0.05) is 53.1 Å². The predicted molar refractivity (Wildman–Crippen MR) is 169 cm³/mol. The van der Waals surface area contributed by atoms with E-state index in [9.17, 15) is 9.90 Å². The molecule has 2 rings (SSSR count). The van der Waals surface area contributed by atoms with E-state index in [2.05, 4.69) is 57.3 Å². The summed E-state index contributed by atoms with van der Waals surface area (Å²) in [6.45, 7) is 9.04. The van der Waals surface area contributed by atoms with E-state index in [1.165, 1.54) is 16.7 Å². The number of hydrogen-bond donors (Lipinski definition) is 3. The van der Waals surface area contributed by atoms with Crippen molar-refractivity contribution in [3.8, 4) is 0 Å². The largest absolute Gasteiger partial charge is 0.394 e. The Bertz CT molecular complexity index is 1140. The highest BCUT2D eigenvalue weighted by Crippen LogP contribution is 2.25. The number of anilines is 1. The zero-order chi connectivity index (χ0) is 28.5. The molecule has 3 N–H and O–H groups in total. The Kier molecular flexibility index (Phi) is 15.3. The third-order valence-corrected chi connectivity index (χ3v) is 7.33. The Labute approximate surface area is 239 Å². The Balaban J connectivity index is 1.85. The van der Waals surface area contributed by atoms with Crippen LogP contribution in [0.4, 0.5) is 5.69 Å². The van der Waals surface area contributed by atoms with Gasteiger partial charge in [0, 0.05) is 28.4 Å². The molecular formula is C34H45NO3S. The lowest BCUT2D eigenvalue weighted by molar-refractivity contribution is 0.0911. The maximum absolute atomic E-state index is 12.7. The molecule has 2 aromatic rings. The molecular weight excluding hydrogens is 502 g/mol. The summed E-state index contributed by atoms with van der Waals surface area (Å²) in [6.07, 6.45) is 14.7. The lowest BCUT2D eigenvalue weighted by Crippen LogP contribution is -2.16. The van der Waals surface area contributed by atoms with Gasteiger partial charge in [-0.15, -0.1) is 11.8 Å². The molecule has 0 radical (unpaired) electrons. The number of aliphatic hydroxyl groups is 2. The van der Waals surface area contributed by atoms with E-state index in [0.717, 1.165) is 47.6 Å². The van der Waals surface area contributed by atoms with Crippen LogP contribution in [0.1, 0.15) is 75.7 Å². The fourth-order valence-corrected chi connectivity index (χ4v) is 4.88. The standard InChI is InChI=1S/C34H45NO3S/c1-26(2)9-7-10-27(3)11-8-12-28(4)22-24-39-34-14-6-5-13-30(34)17-20-33(38)29-15-18-31(19-16-29)35-23-21-32(37)25-36/h5-6,9,11,13-20,22,32,35-37H,7-8,10,12,21,23-25H2,1-4H3/b20-17+,27-11?,28-22?. The fraction of sp³-hybridized carbons (Fsp3) is 0.382. The number of thioether (sulfide) groups is 1. The van der Waals surface area contributed by atoms with Crippen LogP contribution in [0.2, 0.25) is 0 Å². The number of allylic oxidation sites excluding steroid dienone is 6. The molecule has 0 amide bonds. The van der Waals surface area contributed by atoms with Crippen LogP contribution in [0.5, 0.6) is 0 Å². The van der Waals surface area contributed by atoms with E-state index < -0.39 is 6.10 Å². The van der Waals surface area contributed by atoms with Crippen molar-refractivity contribution in [2.75, 3.05) is 24.2 Å². The molecule has 1 unspecified atom stereocenters. The van der Waals surface area contributed by atoms with Crippen LogP contribution in [0.25, 0.3) is 6.08 Å². The van der Waals surface area contributed by atoms with Crippen LogP contribution in [0.3, 0.4) is 0 Å². The molecule has 2 aromatic carbocycles. The van der Waals surface area contributed by atoms with Gasteiger partial charge in [-0.3, -0.25) is 4.79 Å². The SMILES string of the molecule is CC(C)=CCCC(C)=CCCC(C)=CCSc1ccccc1/C=C/C(=O)c1ccc(NCCC(O)CO)cc1. The van der Waals surface area contributed by atoms with Crippen molar-refractivity contribution in [3.63, 3.8) is 0 Å². The molecule has 0 aliphatic rings. The second-order valence-corrected chi connectivity index (χ2v) is 11.2. The first-order valence-electron chi connectivity index (χ1n) is 13.8. The zero-order valence-corrected chi connectivity index (χ0v) is 24.8. The van der Waals surface area contributed by atoms with Gasteiger partial charge in [-0.05, 0) is 108 Å². The summed E-state index contributed by atoms with van der Waals surface area (Å²) in [7, 11) is 0. The molecule has 0 saturated carbocycles. The van der Waals surface area contributed by atoms with Gasteiger partial charge in [0.15, 0.2) is 5.78 Å². The summed E-state index contributed by atoms with van der Waals surface area (Å²) >= 11 is 1.79. The summed E-state index contributed by atoms with van der Waals surface area (Å²) in [5.74, 6) is 0.856. The Morgan fingerprint density at radius 1 is 0.923 bits per heavy atom. The van der Waals surface area contributed by atoms with Crippen molar-refractivity contribution >= 4 is 29.3 Å². The third kappa shape index (κ3) is 13.7. The van der Waals surface area contributed by atoms with E-state index in [-0.39, 0.29) is 12.4 Å². The second kappa shape index (κ2) is 18.4. The maximum Gasteiger partial charge on any atom is 0.185 e. The highest BCUT2D eigenvalue weighted by molar-refractivity contribution is 7.99. The van der Waals surface area contributed by atoms with Crippen LogP contribution in [0, 0.1) is 0 Å². The molecule has 4 nitrogen and oxygen atoms in total. The van der Waals surface area contributed by atoms with Gasteiger partial charge in [0.2, 0.25) is 0 Å². The van der Waals surface area contributed by atoms with Crippen molar-refractivity contribution in [3.05, 3.63) is 101 Å². The number of aliphatic hydroxyl groups excluding tert-OH is 2. The summed E-state index contributed by atoms with van der Waals surface area (Å²) in [5.41, 5.74) is 6.79. The van der Waals surface area contributed by atoms with Gasteiger partial charge in [-0.25, -0.2) is 0 Å². The van der Waals surface area contributed by atoms with Crippen molar-refractivity contribution < 1.29 is 15.0 Å². The van der Waals surface area contributed by atoms with Crippen LogP contribution in [0.15, 0.2) is 94.4 Å². The monoisotopic (exact) mass is 547 g/mol. The number of carbonyl (C=O) groups is 1. The minimum atomic E-state index is -0.719. The van der Waals surface area contributed by atoms with Gasteiger partial charge in [0.1, 0.15) is 0 Å². The number of rotatable bonds is 17. The molecule has 5 heteroatoms. The summed E-state index contributed by atoms with van der Waals surface area (Å²) in [4.78, 5) is 13.9. The Morgan fingerprint density at radius 2 is 1.59 bits per heavy atom. The normalized spacial score (nSPS) is 13.0. The zero-order valence-electron chi connectivity index (χ0n) is 24.0. The van der Waals surface area contributed by atoms with Gasteiger partial charge in [0.25, 0.3) is 0 Å². The molecule has 0 saturated heterocycles. The highest BCUT2D eigenvalue weighted by atomic mass is 32.2. The lowest BCUT2D eigenvalue weighted by Gasteiger charge is -2.09. The smallest absolute Gasteiger partial charge is 0.185 e. The third-order valence-electron chi connectivity index (χ3n) is 6.31. The molecule has 0 aliphatic heterocycles. The molecule has 210 valence electrons. The van der Waals surface area contributed by atoms with Gasteiger partial charge < -0.3 is 15.5 Å². The van der Waals surface area contributed by atoms with Crippen molar-refractivity contribution in [2.24, 2.45) is 0 Å². The summed E-state index contributed by atoms with van der Waals surface area (Å²) in [6, 6.07) is 15.5. The Hall–Kier alpha value is -2.86. The number of ketones is 1. The summed E-state index contributed by atoms with van der Waals surface area (Å²) < 4.78 is 0. The van der Waals surface area contributed by atoms with E-state index in [4.69, 9.17) is 5.11 Å². The van der Waals surface area contributed by atoms with Crippen molar-refractivity contribution in [1.82, 2.24) is 0 Å². The van der Waals surface area contributed by atoms with E-state index in [0.29, 0.717) is 18.5 Å². The molecule has 0 spiro atoms. The number of carbonyl (C=O) groups excluding carboxylic acids is 1. The number of benzene rings is 2. The first kappa shape index (κ1) is 32.4. The van der Waals surface area contributed by atoms with Crippen molar-refractivity contribution in [2.45, 2.75) is 70.8 Å². The second-order valence-electron chi connectivity index (χ2n) is 10.1. The number of nitrogens with one attached hydrogen (secondary N) is 1. The average Bonchev–Trinajstić information content (AvgIpc) is 2.92. The summed E-state index contributed by atoms with van der Waals surface area (Å²) in [5, 5.41) is 21.5. The average molecular weight is 548 g/mol. The molecule has 0 aliphatic carbocycles. The Morgan fingerprint density at radius 3 is 2.28 bits per heavy atom. The van der Waals surface area contributed by atoms with Crippen molar-refractivity contribution in [1.29, 1.82) is 0 Å². The van der Waals surface area contributed by atoms with Crippen LogP contribution in [-0.2, 0) is 0 Å². The first-order chi connectivity index (χ1) is 18.8. The predicted octanol–water partition coefficient (Wildman–Crippen LogP) is 8.25. The quantitative estimate of drug-likeness (QED) is 0.0805. The first-order valence-corrected chi connectivity index (χ1v) is 14.8. The maximum atomic E-state index is 12.7. The topological polar surface area (TPSA) is 69.6 Å². The van der Waals surface area contributed by atoms with Gasteiger partial charge in [0.05, 0.1) is 12.7 Å². The fourth-order valence-electron chi connectivity index (χ4n) is 3.85. The minimum Gasteiger partial charge on any atom is -0.394 e. The minimum absolute atomic E-state index is 0.0444. The van der Waals surface area contributed by atoms with Crippen LogP contribution < -0.4 is 5.32 Å². The van der Waals surface area contributed by atoms with E-state index in [1.807, 2.05) is 36.4 Å². The van der Waals surface area contributed by atoms with Crippen LogP contribution >= 0.6 is 11.8 Å². The molecule has 0 heterocycles. The molecule has 39 heavy (non-hydrogen) atoms. The lowest BCUT2D eigenvalue weighted by atomic mass is 10.1. The molecule has 1 atom stereocenters. The van der Waals surface area contributed by atoms with Crippen LogP contribution in [-0.4, -0.2) is 41.0 Å². The van der Waals surface area contributed by atoms with E-state index in [1.54, 1.807) is 30.0 Å². The van der Waals surface area contributed by atoms with Gasteiger partial charge >= 0.3 is 0 Å². The molecule has 0 fully saturated rings.